The quantitative estimate of drug-likeness (QED) is 0.670. The number of halogens is 1. The zero-order chi connectivity index (χ0) is 16.9. The second kappa shape index (κ2) is 7.92. The fraction of sp³-hybridized carbons (Fsp3) is 0.412. The predicted molar refractivity (Wildman–Crippen MR) is 98.5 cm³/mol. The van der Waals surface area contributed by atoms with Gasteiger partial charge in [-0.15, -0.1) is 0 Å². The van der Waals surface area contributed by atoms with Crippen LogP contribution in [0, 0.1) is 0 Å². The van der Waals surface area contributed by atoms with Crippen LogP contribution in [0.2, 0.25) is 0 Å². The van der Waals surface area contributed by atoms with E-state index in [0.717, 1.165) is 49.0 Å². The molecule has 1 aliphatic heterocycles. The summed E-state index contributed by atoms with van der Waals surface area (Å²) in [5.41, 5.74) is 0.786. The maximum atomic E-state index is 12.5. The van der Waals surface area contributed by atoms with Crippen LogP contribution >= 0.6 is 15.9 Å². The molecule has 0 bridgehead atoms. The van der Waals surface area contributed by atoms with Crippen LogP contribution in [0.15, 0.2) is 33.5 Å². The van der Waals surface area contributed by atoms with Crippen molar-refractivity contribution in [3.05, 3.63) is 44.7 Å². The SMILES string of the molecule is O=C(NCCCN1CCNCC1)c1cc(=O)[nH]c2c(Br)cccc12. The molecule has 1 fully saturated rings. The number of amides is 1. The van der Waals surface area contributed by atoms with Crippen LogP contribution in [-0.2, 0) is 0 Å². The maximum absolute atomic E-state index is 12.5. The van der Waals surface area contributed by atoms with Crippen molar-refractivity contribution in [3.8, 4) is 0 Å². The molecule has 1 amide bonds. The third kappa shape index (κ3) is 4.03. The Hall–Kier alpha value is -1.70. The summed E-state index contributed by atoms with van der Waals surface area (Å²) in [6, 6.07) is 6.89. The highest BCUT2D eigenvalue weighted by atomic mass is 79.9. The Kier molecular flexibility index (Phi) is 5.65. The van der Waals surface area contributed by atoms with Gasteiger partial charge in [0.15, 0.2) is 0 Å². The van der Waals surface area contributed by atoms with E-state index >= 15 is 0 Å². The van der Waals surface area contributed by atoms with Crippen LogP contribution in [0.5, 0.6) is 0 Å². The normalized spacial score (nSPS) is 15.5. The Morgan fingerprint density at radius 2 is 2.08 bits per heavy atom. The minimum Gasteiger partial charge on any atom is -0.352 e. The van der Waals surface area contributed by atoms with Crippen LogP contribution in [0.3, 0.4) is 0 Å². The van der Waals surface area contributed by atoms with E-state index in [2.05, 4.69) is 36.4 Å². The molecule has 0 spiro atoms. The zero-order valence-electron chi connectivity index (χ0n) is 13.4. The van der Waals surface area contributed by atoms with E-state index in [0.29, 0.717) is 17.6 Å². The van der Waals surface area contributed by atoms with Crippen molar-refractivity contribution in [1.29, 1.82) is 0 Å². The Morgan fingerprint density at radius 1 is 1.29 bits per heavy atom. The predicted octanol–water partition coefficient (Wildman–Crippen LogP) is 1.32. The third-order valence-corrected chi connectivity index (χ3v) is 4.88. The lowest BCUT2D eigenvalue weighted by molar-refractivity contribution is 0.0952. The number of aromatic nitrogens is 1. The fourth-order valence-corrected chi connectivity index (χ4v) is 3.43. The van der Waals surface area contributed by atoms with E-state index in [9.17, 15) is 9.59 Å². The van der Waals surface area contributed by atoms with E-state index < -0.39 is 0 Å². The summed E-state index contributed by atoms with van der Waals surface area (Å²) < 4.78 is 0.769. The molecular weight excluding hydrogens is 372 g/mol. The van der Waals surface area contributed by atoms with Gasteiger partial charge in [-0.25, -0.2) is 0 Å². The lowest BCUT2D eigenvalue weighted by atomic mass is 10.1. The van der Waals surface area contributed by atoms with Gasteiger partial charge in [-0.05, 0) is 35.0 Å². The van der Waals surface area contributed by atoms with E-state index in [4.69, 9.17) is 0 Å². The van der Waals surface area contributed by atoms with Crippen molar-refractivity contribution in [2.24, 2.45) is 0 Å². The first-order valence-electron chi connectivity index (χ1n) is 8.18. The van der Waals surface area contributed by atoms with E-state index in [-0.39, 0.29) is 11.5 Å². The Labute approximate surface area is 148 Å². The lowest BCUT2D eigenvalue weighted by Crippen LogP contribution is -2.44. The molecule has 24 heavy (non-hydrogen) atoms. The monoisotopic (exact) mass is 392 g/mol. The molecule has 128 valence electrons. The van der Waals surface area contributed by atoms with Crippen LogP contribution in [0.25, 0.3) is 10.9 Å². The summed E-state index contributed by atoms with van der Waals surface area (Å²) >= 11 is 3.41. The molecule has 0 aliphatic carbocycles. The molecule has 1 aromatic carbocycles. The molecule has 1 aromatic heterocycles. The van der Waals surface area contributed by atoms with E-state index in [1.54, 1.807) is 0 Å². The molecule has 3 N–H and O–H groups in total. The summed E-state index contributed by atoms with van der Waals surface area (Å²) in [6.07, 6.45) is 0.899. The highest BCUT2D eigenvalue weighted by Crippen LogP contribution is 2.23. The average Bonchev–Trinajstić information content (AvgIpc) is 2.59. The summed E-state index contributed by atoms with van der Waals surface area (Å²) in [4.78, 5) is 29.5. The number of aromatic amines is 1. The van der Waals surface area contributed by atoms with Crippen LogP contribution in [-0.4, -0.2) is 55.1 Å². The topological polar surface area (TPSA) is 77.2 Å². The van der Waals surface area contributed by atoms with Crippen molar-refractivity contribution in [2.45, 2.75) is 6.42 Å². The van der Waals surface area contributed by atoms with Gasteiger partial charge in [0.05, 0.1) is 11.1 Å². The zero-order valence-corrected chi connectivity index (χ0v) is 15.0. The first kappa shape index (κ1) is 17.1. The van der Waals surface area contributed by atoms with Crippen molar-refractivity contribution in [3.63, 3.8) is 0 Å². The van der Waals surface area contributed by atoms with Crippen LogP contribution < -0.4 is 16.2 Å². The lowest BCUT2D eigenvalue weighted by Gasteiger charge is -2.27. The number of H-pyrrole nitrogens is 1. The molecule has 0 saturated carbocycles. The van der Waals surface area contributed by atoms with Crippen LogP contribution in [0.1, 0.15) is 16.8 Å². The van der Waals surface area contributed by atoms with Gasteiger partial charge in [0.25, 0.3) is 5.91 Å². The first-order chi connectivity index (χ1) is 11.6. The van der Waals surface area contributed by atoms with Crippen molar-refractivity contribution in [2.75, 3.05) is 39.3 Å². The summed E-state index contributed by atoms with van der Waals surface area (Å²) in [7, 11) is 0. The van der Waals surface area contributed by atoms with Gasteiger partial charge >= 0.3 is 0 Å². The van der Waals surface area contributed by atoms with Gasteiger partial charge in [0, 0.05) is 48.6 Å². The fourth-order valence-electron chi connectivity index (χ4n) is 2.97. The van der Waals surface area contributed by atoms with E-state index in [1.165, 1.54) is 6.07 Å². The number of carbonyl (C=O) groups excluding carboxylic acids is 1. The second-order valence-corrected chi connectivity index (χ2v) is 6.77. The molecule has 0 radical (unpaired) electrons. The third-order valence-electron chi connectivity index (χ3n) is 4.22. The number of rotatable bonds is 5. The number of hydrogen-bond donors (Lipinski definition) is 3. The number of carbonyl (C=O) groups is 1. The van der Waals surface area contributed by atoms with Gasteiger partial charge in [-0.3, -0.25) is 9.59 Å². The van der Waals surface area contributed by atoms with Gasteiger partial charge in [0.1, 0.15) is 0 Å². The smallest absolute Gasteiger partial charge is 0.252 e. The van der Waals surface area contributed by atoms with Gasteiger partial charge < -0.3 is 20.5 Å². The molecule has 2 heterocycles. The number of para-hydroxylation sites is 1. The van der Waals surface area contributed by atoms with Crippen molar-refractivity contribution < 1.29 is 4.79 Å². The number of nitrogens with one attached hydrogen (secondary N) is 3. The maximum Gasteiger partial charge on any atom is 0.252 e. The summed E-state index contributed by atoms with van der Waals surface area (Å²) in [5, 5.41) is 6.99. The molecule has 7 heteroatoms. The average molecular weight is 393 g/mol. The second-order valence-electron chi connectivity index (χ2n) is 5.91. The van der Waals surface area contributed by atoms with E-state index in [1.807, 2.05) is 18.2 Å². The standard InChI is InChI=1S/C17H21BrN4O2/c18-14-4-1-3-12-13(11-15(23)21-16(12)14)17(24)20-5-2-8-22-9-6-19-7-10-22/h1,3-4,11,19H,2,5-10H2,(H,20,24)(H,21,23). The molecule has 2 aromatic rings. The minimum atomic E-state index is -0.277. The molecule has 3 rings (SSSR count). The highest BCUT2D eigenvalue weighted by molar-refractivity contribution is 9.10. The molecule has 1 saturated heterocycles. The summed E-state index contributed by atoms with van der Waals surface area (Å²) in [5.74, 6) is -0.204. The Morgan fingerprint density at radius 3 is 2.88 bits per heavy atom. The molecule has 1 aliphatic rings. The molecular formula is C17H21BrN4O2. The minimum absolute atomic E-state index is 0.204. The number of benzene rings is 1. The molecule has 0 atom stereocenters. The number of hydrogen-bond acceptors (Lipinski definition) is 4. The highest BCUT2D eigenvalue weighted by Gasteiger charge is 2.13. The van der Waals surface area contributed by atoms with Gasteiger partial charge in [-0.2, -0.15) is 0 Å². The Bertz CT molecular complexity index is 784. The molecule has 6 nitrogen and oxygen atoms in total. The number of nitrogens with zero attached hydrogens (tertiary/aromatic N) is 1. The van der Waals surface area contributed by atoms with Gasteiger partial charge in [0.2, 0.25) is 5.56 Å². The van der Waals surface area contributed by atoms with Crippen molar-refractivity contribution >= 4 is 32.7 Å². The number of pyridine rings is 1. The summed E-state index contributed by atoms with van der Waals surface area (Å²) in [6.45, 7) is 5.75. The first-order valence-corrected chi connectivity index (χ1v) is 8.97. The van der Waals surface area contributed by atoms with Crippen LogP contribution in [0.4, 0.5) is 0 Å². The van der Waals surface area contributed by atoms with Gasteiger partial charge in [-0.1, -0.05) is 12.1 Å². The number of piperazine rings is 1. The molecule has 0 unspecified atom stereocenters. The Balaban J connectivity index is 1.63. The largest absolute Gasteiger partial charge is 0.352 e. The van der Waals surface area contributed by atoms with Crippen molar-refractivity contribution in [1.82, 2.24) is 20.5 Å². The number of fused-ring (bicyclic) bond motifs is 1.